The molecule has 1 heterocycles. The van der Waals surface area contributed by atoms with Crippen LogP contribution in [0.2, 0.25) is 0 Å². The molecule has 0 saturated carbocycles. The minimum Gasteiger partial charge on any atom is -0.354 e. The van der Waals surface area contributed by atoms with Crippen LogP contribution in [0.5, 0.6) is 0 Å². The van der Waals surface area contributed by atoms with Crippen molar-refractivity contribution in [2.24, 2.45) is 0 Å². The lowest BCUT2D eigenvalue weighted by atomic mass is 10.1. The van der Waals surface area contributed by atoms with E-state index in [1.807, 2.05) is 36.4 Å². The van der Waals surface area contributed by atoms with Crippen molar-refractivity contribution in [3.05, 3.63) is 78.0 Å². The molecule has 0 fully saturated rings. The van der Waals surface area contributed by atoms with Crippen LogP contribution in [0, 0.1) is 0 Å². The number of carbonyl (C=O) groups excluding carboxylic acids is 2. The number of aromatic nitrogens is 2. The van der Waals surface area contributed by atoms with Crippen molar-refractivity contribution >= 4 is 33.5 Å². The summed E-state index contributed by atoms with van der Waals surface area (Å²) in [4.78, 5) is 24.8. The topological polar surface area (TPSA) is 86.9 Å². The third-order valence-electron chi connectivity index (χ3n) is 4.95. The lowest BCUT2D eigenvalue weighted by molar-refractivity contribution is -0.122. The molecule has 6 nitrogen and oxygen atoms in total. The predicted octanol–water partition coefficient (Wildman–Crippen LogP) is 3.19. The zero-order chi connectivity index (χ0) is 20.2. The fourth-order valence-corrected chi connectivity index (χ4v) is 3.34. The van der Waals surface area contributed by atoms with Crippen LogP contribution in [-0.2, 0) is 11.2 Å². The molecule has 3 N–H and O–H groups in total. The van der Waals surface area contributed by atoms with Crippen molar-refractivity contribution < 1.29 is 9.59 Å². The second-order valence-electron chi connectivity index (χ2n) is 7.04. The minimum absolute atomic E-state index is 0.223. The van der Waals surface area contributed by atoms with Gasteiger partial charge in [-0.05, 0) is 35.7 Å². The number of hydrogen-bond donors (Lipinski definition) is 3. The Kier molecular flexibility index (Phi) is 5.24. The van der Waals surface area contributed by atoms with E-state index in [1.54, 1.807) is 6.92 Å². The molecule has 0 bridgehead atoms. The summed E-state index contributed by atoms with van der Waals surface area (Å²) in [5.74, 6) is -0.599. The van der Waals surface area contributed by atoms with Gasteiger partial charge >= 0.3 is 0 Å². The van der Waals surface area contributed by atoms with Crippen LogP contribution in [0.4, 0.5) is 0 Å². The van der Waals surface area contributed by atoms with Crippen LogP contribution >= 0.6 is 0 Å². The Morgan fingerprint density at radius 1 is 1.00 bits per heavy atom. The maximum Gasteiger partial charge on any atom is 0.273 e. The lowest BCUT2D eigenvalue weighted by Crippen LogP contribution is -2.45. The number of amides is 2. The first kappa shape index (κ1) is 18.7. The molecule has 3 aromatic carbocycles. The molecule has 29 heavy (non-hydrogen) atoms. The molecular formula is C23H22N4O2. The van der Waals surface area contributed by atoms with E-state index in [0.29, 0.717) is 6.54 Å². The number of hydrogen-bond acceptors (Lipinski definition) is 3. The van der Waals surface area contributed by atoms with E-state index in [0.717, 1.165) is 22.9 Å². The molecule has 0 aliphatic heterocycles. The first-order valence-electron chi connectivity index (χ1n) is 9.61. The number of nitrogens with zero attached hydrogens (tertiary/aromatic N) is 1. The largest absolute Gasteiger partial charge is 0.354 e. The van der Waals surface area contributed by atoms with E-state index in [4.69, 9.17) is 0 Å². The fraction of sp³-hybridized carbons (Fsp3) is 0.174. The van der Waals surface area contributed by atoms with Gasteiger partial charge in [0.05, 0.1) is 5.52 Å². The highest BCUT2D eigenvalue weighted by Gasteiger charge is 2.19. The number of carbonyl (C=O) groups is 2. The summed E-state index contributed by atoms with van der Waals surface area (Å²) in [7, 11) is 0. The van der Waals surface area contributed by atoms with Crippen LogP contribution in [-0.4, -0.2) is 34.6 Å². The van der Waals surface area contributed by atoms with Crippen molar-refractivity contribution in [1.29, 1.82) is 0 Å². The molecule has 4 rings (SSSR count). The lowest BCUT2D eigenvalue weighted by Gasteiger charge is -2.13. The van der Waals surface area contributed by atoms with Crippen molar-refractivity contribution in [3.8, 4) is 0 Å². The third kappa shape index (κ3) is 4.11. The SMILES string of the molecule is CC(NC(=O)c1n[nH]c2ccccc12)C(=O)NCCc1ccc2ccccc2c1. The molecule has 0 aliphatic rings. The molecule has 146 valence electrons. The molecule has 1 unspecified atom stereocenters. The smallest absolute Gasteiger partial charge is 0.273 e. The summed E-state index contributed by atoms with van der Waals surface area (Å²) in [6, 6.07) is 21.2. The van der Waals surface area contributed by atoms with Gasteiger partial charge < -0.3 is 10.6 Å². The van der Waals surface area contributed by atoms with Gasteiger partial charge in [0.25, 0.3) is 5.91 Å². The Balaban J connectivity index is 1.31. The molecule has 1 aromatic heterocycles. The normalized spacial score (nSPS) is 12.0. The highest BCUT2D eigenvalue weighted by Crippen LogP contribution is 2.16. The van der Waals surface area contributed by atoms with E-state index < -0.39 is 6.04 Å². The summed E-state index contributed by atoms with van der Waals surface area (Å²) in [5.41, 5.74) is 2.23. The number of nitrogens with one attached hydrogen (secondary N) is 3. The first-order valence-corrected chi connectivity index (χ1v) is 9.61. The number of H-pyrrole nitrogens is 1. The summed E-state index contributed by atoms with van der Waals surface area (Å²) < 4.78 is 0. The van der Waals surface area contributed by atoms with Gasteiger partial charge in [0.1, 0.15) is 6.04 Å². The van der Waals surface area contributed by atoms with Gasteiger partial charge in [0.15, 0.2) is 5.69 Å². The van der Waals surface area contributed by atoms with Crippen LogP contribution < -0.4 is 10.6 Å². The monoisotopic (exact) mass is 386 g/mol. The summed E-state index contributed by atoms with van der Waals surface area (Å²) in [6.45, 7) is 2.17. The van der Waals surface area contributed by atoms with E-state index in [-0.39, 0.29) is 17.5 Å². The highest BCUT2D eigenvalue weighted by molar-refractivity contribution is 6.05. The molecule has 2 amide bonds. The summed E-state index contributed by atoms with van der Waals surface area (Å²) in [5, 5.41) is 15.6. The Morgan fingerprint density at radius 3 is 2.62 bits per heavy atom. The average Bonchev–Trinajstić information content (AvgIpc) is 3.18. The molecule has 6 heteroatoms. The number of para-hydroxylation sites is 1. The van der Waals surface area contributed by atoms with Crippen molar-refractivity contribution in [1.82, 2.24) is 20.8 Å². The van der Waals surface area contributed by atoms with Gasteiger partial charge in [-0.2, -0.15) is 5.10 Å². The van der Waals surface area contributed by atoms with Crippen LogP contribution in [0.15, 0.2) is 66.7 Å². The van der Waals surface area contributed by atoms with Crippen molar-refractivity contribution in [2.45, 2.75) is 19.4 Å². The average molecular weight is 386 g/mol. The van der Waals surface area contributed by atoms with Crippen LogP contribution in [0.3, 0.4) is 0 Å². The van der Waals surface area contributed by atoms with Crippen LogP contribution in [0.25, 0.3) is 21.7 Å². The summed E-state index contributed by atoms with van der Waals surface area (Å²) >= 11 is 0. The zero-order valence-electron chi connectivity index (χ0n) is 16.1. The van der Waals surface area contributed by atoms with E-state index in [1.165, 1.54) is 10.8 Å². The van der Waals surface area contributed by atoms with Gasteiger partial charge in [0, 0.05) is 11.9 Å². The van der Waals surface area contributed by atoms with Crippen molar-refractivity contribution in [2.75, 3.05) is 6.54 Å². The second kappa shape index (κ2) is 8.14. The number of aromatic amines is 1. The molecule has 1 atom stereocenters. The molecule has 4 aromatic rings. The molecule has 0 saturated heterocycles. The van der Waals surface area contributed by atoms with Gasteiger partial charge in [-0.25, -0.2) is 0 Å². The fourth-order valence-electron chi connectivity index (χ4n) is 3.34. The van der Waals surface area contributed by atoms with Gasteiger partial charge in [0.2, 0.25) is 5.91 Å². The highest BCUT2D eigenvalue weighted by atomic mass is 16.2. The van der Waals surface area contributed by atoms with E-state index in [9.17, 15) is 9.59 Å². The van der Waals surface area contributed by atoms with Crippen molar-refractivity contribution in [3.63, 3.8) is 0 Å². The number of benzene rings is 3. The Labute approximate surface area is 168 Å². The second-order valence-corrected chi connectivity index (χ2v) is 7.04. The van der Waals surface area contributed by atoms with Crippen LogP contribution in [0.1, 0.15) is 23.0 Å². The minimum atomic E-state index is -0.658. The first-order chi connectivity index (χ1) is 14.1. The zero-order valence-corrected chi connectivity index (χ0v) is 16.1. The van der Waals surface area contributed by atoms with E-state index in [2.05, 4.69) is 51.2 Å². The maximum absolute atomic E-state index is 12.5. The number of rotatable bonds is 6. The van der Waals surface area contributed by atoms with E-state index >= 15 is 0 Å². The van der Waals surface area contributed by atoms with Gasteiger partial charge in [-0.1, -0.05) is 60.7 Å². The molecule has 0 aliphatic carbocycles. The Bertz CT molecular complexity index is 1180. The Morgan fingerprint density at radius 2 is 1.76 bits per heavy atom. The molecule has 0 spiro atoms. The standard InChI is InChI=1S/C23H22N4O2/c1-15(25-23(29)21-19-8-4-5-9-20(19)26-27-21)22(28)24-13-12-16-10-11-17-6-2-3-7-18(17)14-16/h2-11,14-15H,12-13H2,1H3,(H,24,28)(H,25,29)(H,26,27). The van der Waals surface area contributed by atoms with Gasteiger partial charge in [-0.3, -0.25) is 14.7 Å². The molecular weight excluding hydrogens is 364 g/mol. The third-order valence-corrected chi connectivity index (χ3v) is 4.95. The maximum atomic E-state index is 12.5. The summed E-state index contributed by atoms with van der Waals surface area (Å²) in [6.07, 6.45) is 0.723. The quantitative estimate of drug-likeness (QED) is 0.476. The molecule has 0 radical (unpaired) electrons. The predicted molar refractivity (Wildman–Crippen MR) is 114 cm³/mol. The van der Waals surface area contributed by atoms with Gasteiger partial charge in [-0.15, -0.1) is 0 Å². The Hall–Kier alpha value is -3.67. The number of fused-ring (bicyclic) bond motifs is 2.